The van der Waals surface area contributed by atoms with E-state index in [9.17, 15) is 19.2 Å². The predicted octanol–water partition coefficient (Wildman–Crippen LogP) is 6.57. The quantitative estimate of drug-likeness (QED) is 0.236. The van der Waals surface area contributed by atoms with Gasteiger partial charge in [0, 0.05) is 24.8 Å². The molecule has 1 aromatic carbocycles. The van der Waals surface area contributed by atoms with E-state index >= 15 is 0 Å². The maximum atomic E-state index is 13.1. The number of carbonyl (C=O) groups is 4. The molecule has 8 bridgehead atoms. The third kappa shape index (κ3) is 9.37. The van der Waals surface area contributed by atoms with E-state index < -0.39 is 0 Å². The van der Waals surface area contributed by atoms with E-state index in [0.717, 1.165) is 34.9 Å². The zero-order chi connectivity index (χ0) is 37.6. The Kier molecular flexibility index (Phi) is 12.4. The van der Waals surface area contributed by atoms with Crippen molar-refractivity contribution in [2.24, 2.45) is 47.3 Å². The van der Waals surface area contributed by atoms with Crippen LogP contribution >= 0.6 is 0 Å². The lowest BCUT2D eigenvalue weighted by Gasteiger charge is -2.54. The second-order valence-corrected chi connectivity index (χ2v) is 16.9. The van der Waals surface area contributed by atoms with Gasteiger partial charge >= 0.3 is 24.0 Å². The molecule has 0 atom stereocenters. The van der Waals surface area contributed by atoms with Gasteiger partial charge in [-0.3, -0.25) is 14.6 Å². The molecule has 0 spiro atoms. The molecule has 8 aliphatic carbocycles. The summed E-state index contributed by atoms with van der Waals surface area (Å²) < 4.78 is 10.1. The van der Waals surface area contributed by atoms with Crippen molar-refractivity contribution < 1.29 is 28.7 Å². The first-order chi connectivity index (χ1) is 26.2. The Bertz CT molecular complexity index is 1420. The monoisotopic (exact) mass is 741 g/mol. The highest BCUT2D eigenvalue weighted by molar-refractivity contribution is 5.82. The molecule has 0 radical (unpaired) electrons. The number of hydrogen-bond acceptors (Lipinski definition) is 7. The van der Waals surface area contributed by atoms with E-state index in [1.54, 1.807) is 24.9 Å². The molecule has 0 unspecified atom stereocenters. The number of hydrogen-bond donors (Lipinski definition) is 2. The van der Waals surface area contributed by atoms with Crippen LogP contribution in [0.5, 0.6) is 0 Å². The molecular formula is C43H59N5O6. The van der Waals surface area contributed by atoms with Crippen LogP contribution in [-0.2, 0) is 32.2 Å². The first-order valence-corrected chi connectivity index (χ1v) is 20.6. The van der Waals surface area contributed by atoms with Gasteiger partial charge in [-0.05, 0) is 143 Å². The molecule has 292 valence electrons. The third-order valence-electron chi connectivity index (χ3n) is 13.2. The summed E-state index contributed by atoms with van der Waals surface area (Å²) in [5, 5.41) is 6.59. The smallest absolute Gasteiger partial charge is 0.325 e. The van der Waals surface area contributed by atoms with E-state index in [4.69, 9.17) is 9.47 Å². The minimum Gasteiger partial charge on any atom is -0.465 e. The van der Waals surface area contributed by atoms with Crippen LogP contribution in [0.15, 0.2) is 54.7 Å². The fraction of sp³-hybridized carbons (Fsp3) is 0.651. The van der Waals surface area contributed by atoms with Crippen LogP contribution in [-0.4, -0.2) is 77.2 Å². The van der Waals surface area contributed by atoms with Crippen LogP contribution in [0.4, 0.5) is 9.59 Å². The van der Waals surface area contributed by atoms with Crippen LogP contribution in [0.1, 0.15) is 89.3 Å². The molecule has 10 rings (SSSR count). The summed E-state index contributed by atoms with van der Waals surface area (Å²) in [6.07, 6.45) is 14.5. The molecule has 11 heteroatoms. The summed E-state index contributed by atoms with van der Waals surface area (Å²) >= 11 is 0. The molecule has 8 saturated carbocycles. The van der Waals surface area contributed by atoms with E-state index in [-0.39, 0.29) is 49.2 Å². The van der Waals surface area contributed by atoms with Gasteiger partial charge in [-0.25, -0.2) is 9.59 Å². The number of rotatable bonds is 12. The highest BCUT2D eigenvalue weighted by Gasteiger charge is 2.50. The molecular weight excluding hydrogens is 683 g/mol. The first kappa shape index (κ1) is 38.1. The summed E-state index contributed by atoms with van der Waals surface area (Å²) in [7, 11) is 0. The Balaban J connectivity index is 0.000000167. The fourth-order valence-corrected chi connectivity index (χ4v) is 11.4. The molecule has 4 amide bonds. The van der Waals surface area contributed by atoms with Crippen molar-refractivity contribution >= 4 is 24.0 Å². The standard InChI is InChI=1S/C22H30N2O3.C21H29N3O3/c1-2-27-20(25)14-24(13-15-6-4-3-5-7-15)22(26)23-21-18-9-16-8-17(11-18)12-19(21)10-16;1-2-27-19(25)13-24(12-18-5-3-4-6-22-18)21(26)23-20-16-8-14-7-15(10-16)11-17(20)9-14/h3-7,16-19,21H,2,8-14H2,1H3,(H,23,26);3-6,14-17,20H,2,7-13H2,1H3,(H,23,26). The van der Waals surface area contributed by atoms with Gasteiger partial charge in [0.15, 0.2) is 0 Å². The van der Waals surface area contributed by atoms with Crippen molar-refractivity contribution in [2.75, 3.05) is 26.3 Å². The van der Waals surface area contributed by atoms with Gasteiger partial charge in [-0.2, -0.15) is 0 Å². The van der Waals surface area contributed by atoms with E-state index in [1.807, 2.05) is 48.5 Å². The SMILES string of the molecule is CCOC(=O)CN(Cc1ccccc1)C(=O)NC1C2CC3CC(C2)CC1C3.CCOC(=O)CN(Cc1ccccn1)C(=O)NC1C2CC3CC(C2)CC1C3. The fourth-order valence-electron chi connectivity index (χ4n) is 11.4. The number of carbonyl (C=O) groups excluding carboxylic acids is 4. The molecule has 11 nitrogen and oxygen atoms in total. The minimum atomic E-state index is -0.381. The first-order valence-electron chi connectivity index (χ1n) is 20.6. The van der Waals surface area contributed by atoms with Gasteiger partial charge in [0.05, 0.1) is 25.5 Å². The number of aromatic nitrogens is 1. The van der Waals surface area contributed by atoms with Gasteiger partial charge in [0.25, 0.3) is 0 Å². The second kappa shape index (κ2) is 17.5. The average molecular weight is 742 g/mol. The number of amides is 4. The van der Waals surface area contributed by atoms with Gasteiger partial charge in [0.2, 0.25) is 0 Å². The van der Waals surface area contributed by atoms with Crippen LogP contribution < -0.4 is 10.6 Å². The summed E-state index contributed by atoms with van der Waals surface area (Å²) in [5.74, 6) is 5.19. The lowest BCUT2D eigenvalue weighted by molar-refractivity contribution is -0.144. The lowest BCUT2D eigenvalue weighted by Crippen LogP contribution is -2.58. The van der Waals surface area contributed by atoms with Gasteiger partial charge in [0.1, 0.15) is 13.1 Å². The molecule has 0 saturated heterocycles. The Morgan fingerprint density at radius 1 is 0.593 bits per heavy atom. The van der Waals surface area contributed by atoms with E-state index in [2.05, 4.69) is 15.6 Å². The van der Waals surface area contributed by atoms with Gasteiger partial charge < -0.3 is 29.9 Å². The number of nitrogens with zero attached hydrogens (tertiary/aromatic N) is 3. The number of nitrogens with one attached hydrogen (secondary N) is 2. The lowest BCUT2D eigenvalue weighted by atomic mass is 9.54. The van der Waals surface area contributed by atoms with Crippen LogP contribution in [0.2, 0.25) is 0 Å². The average Bonchev–Trinajstić information content (AvgIpc) is 3.14. The van der Waals surface area contributed by atoms with E-state index in [0.29, 0.717) is 50.0 Å². The molecule has 2 aromatic rings. The van der Waals surface area contributed by atoms with Gasteiger partial charge in [-0.15, -0.1) is 0 Å². The molecule has 8 fully saturated rings. The predicted molar refractivity (Wildman–Crippen MR) is 203 cm³/mol. The number of benzene rings is 1. The summed E-state index contributed by atoms with van der Waals surface area (Å²) in [6, 6.07) is 15.6. The number of ether oxygens (including phenoxy) is 2. The number of urea groups is 2. The molecule has 1 heterocycles. The van der Waals surface area contributed by atoms with Crippen LogP contribution in [0, 0.1) is 47.3 Å². The Labute approximate surface area is 320 Å². The van der Waals surface area contributed by atoms with Crippen molar-refractivity contribution in [3.63, 3.8) is 0 Å². The Hall–Kier alpha value is -4.15. The zero-order valence-electron chi connectivity index (χ0n) is 32.1. The number of pyridine rings is 1. The molecule has 1 aromatic heterocycles. The normalized spacial score (nSPS) is 30.8. The Morgan fingerprint density at radius 3 is 1.43 bits per heavy atom. The van der Waals surface area contributed by atoms with Crippen molar-refractivity contribution in [3.05, 3.63) is 66.0 Å². The van der Waals surface area contributed by atoms with Crippen molar-refractivity contribution in [2.45, 2.75) is 103 Å². The third-order valence-corrected chi connectivity index (χ3v) is 13.2. The van der Waals surface area contributed by atoms with Crippen molar-refractivity contribution in [1.29, 1.82) is 0 Å². The molecule has 2 N–H and O–H groups in total. The molecule has 8 aliphatic rings. The van der Waals surface area contributed by atoms with Crippen LogP contribution in [0.3, 0.4) is 0 Å². The minimum absolute atomic E-state index is 0.0120. The highest BCUT2D eigenvalue weighted by atomic mass is 16.5. The maximum Gasteiger partial charge on any atom is 0.325 e. The second-order valence-electron chi connectivity index (χ2n) is 16.9. The van der Waals surface area contributed by atoms with E-state index in [1.165, 1.54) is 69.1 Å². The largest absolute Gasteiger partial charge is 0.465 e. The number of esters is 2. The summed E-state index contributed by atoms with van der Waals surface area (Å²) in [6.45, 7) is 4.86. The Morgan fingerprint density at radius 2 is 1.02 bits per heavy atom. The van der Waals surface area contributed by atoms with Crippen molar-refractivity contribution in [1.82, 2.24) is 25.4 Å². The zero-order valence-corrected chi connectivity index (χ0v) is 32.1. The molecule has 0 aliphatic heterocycles. The van der Waals surface area contributed by atoms with Crippen LogP contribution in [0.25, 0.3) is 0 Å². The molecule has 54 heavy (non-hydrogen) atoms. The summed E-state index contributed by atoms with van der Waals surface area (Å²) in [5.41, 5.74) is 1.78. The van der Waals surface area contributed by atoms with Gasteiger partial charge in [-0.1, -0.05) is 36.4 Å². The maximum absolute atomic E-state index is 13.1. The highest BCUT2D eigenvalue weighted by Crippen LogP contribution is 2.54. The van der Waals surface area contributed by atoms with Crippen molar-refractivity contribution in [3.8, 4) is 0 Å². The summed E-state index contributed by atoms with van der Waals surface area (Å²) in [4.78, 5) is 57.6. The topological polar surface area (TPSA) is 130 Å².